The van der Waals surface area contributed by atoms with Crippen molar-refractivity contribution in [3.8, 4) is 0 Å². The number of carbonyl (C=O) groups excluding carboxylic acids is 1. The smallest absolute Gasteiger partial charge is 0.333 e. The molecule has 9 heteroatoms. The maximum Gasteiger partial charge on any atom is 0.333 e. The summed E-state index contributed by atoms with van der Waals surface area (Å²) in [5, 5.41) is 0. The Morgan fingerprint density at radius 1 is 1.21 bits per heavy atom. The molecule has 9 nitrogen and oxygen atoms in total. The van der Waals surface area contributed by atoms with Crippen molar-refractivity contribution in [2.75, 3.05) is 18.6 Å². The second-order valence-corrected chi connectivity index (χ2v) is 7.47. The molecule has 1 aliphatic heterocycles. The maximum absolute atomic E-state index is 13.1. The Labute approximate surface area is 166 Å². The Morgan fingerprint density at radius 2 is 1.93 bits per heavy atom. The van der Waals surface area contributed by atoms with E-state index in [9.17, 15) is 14.4 Å². The predicted octanol–water partition coefficient (Wildman–Crippen LogP) is 0.726. The third-order valence-corrected chi connectivity index (χ3v) is 5.25. The van der Waals surface area contributed by atoms with Gasteiger partial charge in [-0.25, -0.2) is 9.36 Å². The zero-order valence-electron chi connectivity index (χ0n) is 16.7. The van der Waals surface area contributed by atoms with Gasteiger partial charge in [-0.05, 0) is 11.5 Å². The van der Waals surface area contributed by atoms with Crippen LogP contribution < -0.4 is 16.1 Å². The van der Waals surface area contributed by atoms with Crippen LogP contribution in [-0.2, 0) is 36.2 Å². The first-order chi connectivity index (χ1) is 13.9. The van der Waals surface area contributed by atoms with Crippen LogP contribution in [0.3, 0.4) is 0 Å². The van der Waals surface area contributed by atoms with Gasteiger partial charge < -0.3 is 14.2 Å². The summed E-state index contributed by atoms with van der Waals surface area (Å²) in [7, 11) is 2.78. The van der Waals surface area contributed by atoms with Crippen LogP contribution >= 0.6 is 0 Å². The molecular weight excluding hydrogens is 374 g/mol. The molecular formula is C20H23N5O4. The molecule has 0 radical (unpaired) electrons. The number of methoxy groups -OCH3 is 1. The number of anilines is 1. The van der Waals surface area contributed by atoms with Gasteiger partial charge in [0.2, 0.25) is 5.95 Å². The van der Waals surface area contributed by atoms with Gasteiger partial charge in [0.25, 0.3) is 5.56 Å². The molecule has 152 valence electrons. The van der Waals surface area contributed by atoms with E-state index in [4.69, 9.17) is 0 Å². The summed E-state index contributed by atoms with van der Waals surface area (Å²) in [6.45, 7) is 3.74. The molecule has 0 unspecified atom stereocenters. The lowest BCUT2D eigenvalue weighted by Crippen LogP contribution is -2.42. The fourth-order valence-corrected chi connectivity index (χ4v) is 3.87. The molecule has 0 fully saturated rings. The van der Waals surface area contributed by atoms with Crippen molar-refractivity contribution >= 4 is 23.1 Å². The number of ether oxygens (including phenoxy) is 1. The van der Waals surface area contributed by atoms with Crippen molar-refractivity contribution in [3.05, 3.63) is 56.7 Å². The number of hydrogen-bond acceptors (Lipinski definition) is 6. The number of aryl methyl sites for hydroxylation is 1. The van der Waals surface area contributed by atoms with Crippen molar-refractivity contribution in [1.29, 1.82) is 0 Å². The fraction of sp³-hybridized carbons (Fsp3) is 0.400. The van der Waals surface area contributed by atoms with Gasteiger partial charge in [0.15, 0.2) is 11.2 Å². The zero-order chi connectivity index (χ0) is 20.7. The van der Waals surface area contributed by atoms with E-state index in [-0.39, 0.29) is 5.92 Å². The van der Waals surface area contributed by atoms with Crippen molar-refractivity contribution in [2.24, 2.45) is 13.0 Å². The number of hydrogen-bond donors (Lipinski definition) is 0. The van der Waals surface area contributed by atoms with Gasteiger partial charge in [0.1, 0.15) is 6.54 Å². The Morgan fingerprint density at radius 3 is 2.62 bits per heavy atom. The van der Waals surface area contributed by atoms with Gasteiger partial charge in [0, 0.05) is 26.7 Å². The molecule has 29 heavy (non-hydrogen) atoms. The molecule has 3 heterocycles. The lowest BCUT2D eigenvalue weighted by molar-refractivity contribution is -0.141. The SMILES string of the molecule is COC(=O)Cn1c(=O)c2c(nc3n2C[C@H](C)CN3Cc2ccccc2)n(C)c1=O. The van der Waals surface area contributed by atoms with E-state index < -0.39 is 23.8 Å². The second-order valence-electron chi connectivity index (χ2n) is 7.47. The lowest BCUT2D eigenvalue weighted by atomic mass is 10.1. The summed E-state index contributed by atoms with van der Waals surface area (Å²) in [4.78, 5) is 44.3. The Hall–Kier alpha value is -3.36. The topological polar surface area (TPSA) is 91.4 Å². The Kier molecular flexibility index (Phi) is 4.73. The molecule has 0 saturated heterocycles. The number of fused-ring (bicyclic) bond motifs is 3. The summed E-state index contributed by atoms with van der Waals surface area (Å²) in [6.07, 6.45) is 0. The van der Waals surface area contributed by atoms with Crippen molar-refractivity contribution in [2.45, 2.75) is 26.6 Å². The van der Waals surface area contributed by atoms with Crippen LogP contribution in [0.2, 0.25) is 0 Å². The molecule has 2 aromatic heterocycles. The van der Waals surface area contributed by atoms with Gasteiger partial charge in [-0.2, -0.15) is 4.98 Å². The van der Waals surface area contributed by atoms with Crippen LogP contribution in [0.5, 0.6) is 0 Å². The zero-order valence-corrected chi connectivity index (χ0v) is 16.7. The molecule has 0 saturated carbocycles. The van der Waals surface area contributed by atoms with Crippen LogP contribution in [0.25, 0.3) is 11.2 Å². The maximum atomic E-state index is 13.1. The molecule has 1 aliphatic rings. The summed E-state index contributed by atoms with van der Waals surface area (Å²) < 4.78 is 8.72. The molecule has 4 rings (SSSR count). The molecule has 3 aromatic rings. The molecule has 0 spiro atoms. The van der Waals surface area contributed by atoms with Crippen LogP contribution in [-0.4, -0.2) is 38.3 Å². The highest BCUT2D eigenvalue weighted by Gasteiger charge is 2.29. The highest BCUT2D eigenvalue weighted by molar-refractivity contribution is 5.76. The second kappa shape index (κ2) is 7.23. The van der Waals surface area contributed by atoms with E-state index in [0.717, 1.165) is 16.7 Å². The van der Waals surface area contributed by atoms with Crippen molar-refractivity contribution < 1.29 is 9.53 Å². The molecule has 0 amide bonds. The first kappa shape index (κ1) is 19.0. The average Bonchev–Trinajstić information content (AvgIpc) is 3.10. The van der Waals surface area contributed by atoms with Gasteiger partial charge in [-0.1, -0.05) is 37.3 Å². The average molecular weight is 397 g/mol. The highest BCUT2D eigenvalue weighted by Crippen LogP contribution is 2.28. The van der Waals surface area contributed by atoms with E-state index >= 15 is 0 Å². The summed E-state index contributed by atoms with van der Waals surface area (Å²) in [5.74, 6) is 0.292. The monoisotopic (exact) mass is 397 g/mol. The van der Waals surface area contributed by atoms with E-state index in [0.29, 0.717) is 30.2 Å². The first-order valence-electron chi connectivity index (χ1n) is 9.46. The number of esters is 1. The van der Waals surface area contributed by atoms with Crippen LogP contribution in [0.4, 0.5) is 5.95 Å². The quantitative estimate of drug-likeness (QED) is 0.603. The summed E-state index contributed by atoms with van der Waals surface area (Å²) in [6, 6.07) is 10.0. The third-order valence-electron chi connectivity index (χ3n) is 5.25. The Bertz CT molecular complexity index is 1190. The van der Waals surface area contributed by atoms with Crippen LogP contribution in [0.15, 0.2) is 39.9 Å². The predicted molar refractivity (Wildman–Crippen MR) is 108 cm³/mol. The van der Waals surface area contributed by atoms with Gasteiger partial charge in [-0.3, -0.25) is 14.2 Å². The number of benzene rings is 1. The summed E-state index contributed by atoms with van der Waals surface area (Å²) in [5.41, 5.74) is 0.670. The fourth-order valence-electron chi connectivity index (χ4n) is 3.87. The molecule has 0 N–H and O–H groups in total. The van der Waals surface area contributed by atoms with E-state index in [2.05, 4.69) is 21.5 Å². The highest BCUT2D eigenvalue weighted by atomic mass is 16.5. The third kappa shape index (κ3) is 3.22. The largest absolute Gasteiger partial charge is 0.468 e. The Balaban J connectivity index is 1.89. The standard InChI is InChI=1S/C20H23N5O4/c1-13-9-23(11-14-7-5-4-6-8-14)19-21-17-16(24(19)10-13)18(27)25(12-15(26)29-3)20(28)22(17)2/h4-8,13H,9-12H2,1-3H3/t13-/m1/s1. The normalized spacial score (nSPS) is 16.1. The molecule has 0 aliphatic carbocycles. The minimum absolute atomic E-state index is 0.286. The van der Waals surface area contributed by atoms with Crippen molar-refractivity contribution in [3.63, 3.8) is 0 Å². The number of aromatic nitrogens is 4. The number of nitrogens with zero attached hydrogens (tertiary/aromatic N) is 5. The van der Waals surface area contributed by atoms with E-state index in [1.165, 1.54) is 11.7 Å². The van der Waals surface area contributed by atoms with Crippen LogP contribution in [0.1, 0.15) is 12.5 Å². The molecule has 0 bridgehead atoms. The lowest BCUT2D eigenvalue weighted by Gasteiger charge is -2.33. The van der Waals surface area contributed by atoms with Gasteiger partial charge in [-0.15, -0.1) is 0 Å². The van der Waals surface area contributed by atoms with Crippen molar-refractivity contribution in [1.82, 2.24) is 18.7 Å². The van der Waals surface area contributed by atoms with Crippen LogP contribution in [0, 0.1) is 5.92 Å². The van der Waals surface area contributed by atoms with Gasteiger partial charge in [0.05, 0.1) is 7.11 Å². The first-order valence-corrected chi connectivity index (χ1v) is 9.46. The molecule has 1 aromatic carbocycles. The summed E-state index contributed by atoms with van der Waals surface area (Å²) >= 11 is 0. The number of carbonyl (C=O) groups is 1. The number of imidazole rings is 1. The van der Waals surface area contributed by atoms with Gasteiger partial charge >= 0.3 is 11.7 Å². The minimum Gasteiger partial charge on any atom is -0.468 e. The minimum atomic E-state index is -0.652. The molecule has 1 atom stereocenters. The number of rotatable bonds is 4. The van der Waals surface area contributed by atoms with E-state index in [1.54, 1.807) is 7.05 Å². The van der Waals surface area contributed by atoms with E-state index in [1.807, 2.05) is 34.9 Å².